The Balaban J connectivity index is 1.49. The SMILES string of the molecule is Cc1nc(-c2ccccn2)nc(NCc2cccc(NC(=O)c3ccncc3)c2)c1C. The van der Waals surface area contributed by atoms with Gasteiger partial charge in [0.1, 0.15) is 11.5 Å². The van der Waals surface area contributed by atoms with Crippen LogP contribution in [-0.2, 0) is 6.54 Å². The van der Waals surface area contributed by atoms with Crippen LogP contribution in [0.3, 0.4) is 0 Å². The second-order valence-electron chi connectivity index (χ2n) is 7.07. The molecule has 7 nitrogen and oxygen atoms in total. The summed E-state index contributed by atoms with van der Waals surface area (Å²) in [7, 11) is 0. The van der Waals surface area contributed by atoms with E-state index in [0.29, 0.717) is 17.9 Å². The molecule has 154 valence electrons. The lowest BCUT2D eigenvalue weighted by atomic mass is 10.1. The molecule has 7 heteroatoms. The summed E-state index contributed by atoms with van der Waals surface area (Å²) in [6.07, 6.45) is 4.92. The van der Waals surface area contributed by atoms with Crippen molar-refractivity contribution in [2.75, 3.05) is 10.6 Å². The minimum atomic E-state index is -0.171. The molecule has 3 aromatic heterocycles. The number of hydrogen-bond donors (Lipinski definition) is 2. The van der Waals surface area contributed by atoms with Gasteiger partial charge in [-0.1, -0.05) is 18.2 Å². The zero-order valence-electron chi connectivity index (χ0n) is 17.3. The Kier molecular flexibility index (Phi) is 5.93. The molecule has 1 aromatic carbocycles. The Labute approximate surface area is 180 Å². The molecule has 0 atom stereocenters. The van der Waals surface area contributed by atoms with Crippen LogP contribution < -0.4 is 10.6 Å². The predicted molar refractivity (Wildman–Crippen MR) is 121 cm³/mol. The third kappa shape index (κ3) is 4.90. The predicted octanol–water partition coefficient (Wildman–Crippen LogP) is 4.41. The summed E-state index contributed by atoms with van der Waals surface area (Å²) >= 11 is 0. The van der Waals surface area contributed by atoms with Gasteiger partial charge < -0.3 is 10.6 Å². The van der Waals surface area contributed by atoms with Crippen LogP contribution in [0, 0.1) is 13.8 Å². The Morgan fingerprint density at radius 2 is 1.77 bits per heavy atom. The number of benzene rings is 1. The van der Waals surface area contributed by atoms with Crippen LogP contribution >= 0.6 is 0 Å². The average molecular weight is 410 g/mol. The number of nitrogens with zero attached hydrogens (tertiary/aromatic N) is 4. The topological polar surface area (TPSA) is 92.7 Å². The zero-order chi connectivity index (χ0) is 21.6. The Morgan fingerprint density at radius 3 is 2.55 bits per heavy atom. The summed E-state index contributed by atoms with van der Waals surface area (Å²) < 4.78 is 0. The normalized spacial score (nSPS) is 10.5. The van der Waals surface area contributed by atoms with Crippen LogP contribution in [0.4, 0.5) is 11.5 Å². The fourth-order valence-corrected chi connectivity index (χ4v) is 3.06. The van der Waals surface area contributed by atoms with Gasteiger partial charge in [-0.15, -0.1) is 0 Å². The number of rotatable bonds is 6. The molecule has 0 aliphatic rings. The van der Waals surface area contributed by atoms with E-state index in [-0.39, 0.29) is 5.91 Å². The molecule has 0 spiro atoms. The maximum atomic E-state index is 12.4. The molecule has 0 aliphatic carbocycles. The number of aromatic nitrogens is 4. The van der Waals surface area contributed by atoms with E-state index in [1.165, 1.54) is 0 Å². The molecule has 4 rings (SSSR count). The molecule has 1 amide bonds. The summed E-state index contributed by atoms with van der Waals surface area (Å²) in [6.45, 7) is 4.51. The first-order chi connectivity index (χ1) is 15.1. The molecule has 0 saturated carbocycles. The monoisotopic (exact) mass is 410 g/mol. The van der Waals surface area contributed by atoms with E-state index in [0.717, 1.165) is 34.0 Å². The van der Waals surface area contributed by atoms with Crippen LogP contribution in [0.1, 0.15) is 27.2 Å². The second kappa shape index (κ2) is 9.13. The first-order valence-electron chi connectivity index (χ1n) is 9.91. The van der Waals surface area contributed by atoms with Crippen molar-refractivity contribution in [3.63, 3.8) is 0 Å². The first-order valence-corrected chi connectivity index (χ1v) is 9.91. The number of pyridine rings is 2. The lowest BCUT2D eigenvalue weighted by Gasteiger charge is -2.13. The molecular weight excluding hydrogens is 388 g/mol. The third-order valence-electron chi connectivity index (χ3n) is 4.87. The maximum absolute atomic E-state index is 12.4. The number of hydrogen-bond acceptors (Lipinski definition) is 6. The fourth-order valence-electron chi connectivity index (χ4n) is 3.06. The van der Waals surface area contributed by atoms with Gasteiger partial charge in [0.15, 0.2) is 5.82 Å². The quantitative estimate of drug-likeness (QED) is 0.489. The molecular formula is C24H22N6O. The molecule has 31 heavy (non-hydrogen) atoms. The van der Waals surface area contributed by atoms with E-state index in [9.17, 15) is 4.79 Å². The number of carbonyl (C=O) groups is 1. The van der Waals surface area contributed by atoms with Crippen molar-refractivity contribution >= 4 is 17.4 Å². The van der Waals surface area contributed by atoms with Crippen molar-refractivity contribution in [1.82, 2.24) is 19.9 Å². The number of anilines is 2. The van der Waals surface area contributed by atoms with Gasteiger partial charge in [0.05, 0.1) is 0 Å². The Bertz CT molecular complexity index is 1200. The standard InChI is InChI=1S/C24H22N6O/c1-16-17(2)28-23(21-8-3-4-11-26-21)30-22(16)27-15-18-6-5-7-20(14-18)29-24(31)19-9-12-25-13-10-19/h3-14H,15H2,1-2H3,(H,29,31)(H,27,28,30). The maximum Gasteiger partial charge on any atom is 0.255 e. The molecule has 4 aromatic rings. The molecule has 0 aliphatic heterocycles. The van der Waals surface area contributed by atoms with E-state index in [2.05, 4.69) is 30.6 Å². The van der Waals surface area contributed by atoms with Crippen LogP contribution in [0.5, 0.6) is 0 Å². The first kappa shape index (κ1) is 20.2. The molecule has 2 N–H and O–H groups in total. The summed E-state index contributed by atoms with van der Waals surface area (Å²) in [6, 6.07) is 16.7. The molecule has 0 unspecified atom stereocenters. The number of aryl methyl sites for hydroxylation is 1. The summed E-state index contributed by atoms with van der Waals surface area (Å²) in [4.78, 5) is 29.9. The van der Waals surface area contributed by atoms with Gasteiger partial charge in [0, 0.05) is 47.6 Å². The zero-order valence-corrected chi connectivity index (χ0v) is 17.3. The number of amides is 1. The van der Waals surface area contributed by atoms with E-state index in [4.69, 9.17) is 0 Å². The van der Waals surface area contributed by atoms with Gasteiger partial charge in [-0.25, -0.2) is 9.97 Å². The van der Waals surface area contributed by atoms with Gasteiger partial charge in [0.25, 0.3) is 5.91 Å². The van der Waals surface area contributed by atoms with Crippen molar-refractivity contribution < 1.29 is 4.79 Å². The highest BCUT2D eigenvalue weighted by Gasteiger charge is 2.11. The lowest BCUT2D eigenvalue weighted by Crippen LogP contribution is -2.12. The molecule has 0 radical (unpaired) electrons. The van der Waals surface area contributed by atoms with Crippen LogP contribution in [0.25, 0.3) is 11.5 Å². The van der Waals surface area contributed by atoms with Crippen molar-refractivity contribution in [3.8, 4) is 11.5 Å². The number of carbonyl (C=O) groups excluding carboxylic acids is 1. The molecule has 0 bridgehead atoms. The Morgan fingerprint density at radius 1 is 0.935 bits per heavy atom. The van der Waals surface area contributed by atoms with Gasteiger partial charge in [0.2, 0.25) is 0 Å². The van der Waals surface area contributed by atoms with E-state index in [1.54, 1.807) is 30.7 Å². The molecule has 0 fully saturated rings. The highest BCUT2D eigenvalue weighted by Crippen LogP contribution is 2.21. The third-order valence-corrected chi connectivity index (χ3v) is 4.87. The Hall–Kier alpha value is -4.13. The van der Waals surface area contributed by atoms with Gasteiger partial charge in [-0.3, -0.25) is 14.8 Å². The van der Waals surface area contributed by atoms with Crippen LogP contribution in [0.2, 0.25) is 0 Å². The van der Waals surface area contributed by atoms with E-state index < -0.39 is 0 Å². The van der Waals surface area contributed by atoms with Gasteiger partial charge in [-0.2, -0.15) is 0 Å². The van der Waals surface area contributed by atoms with Gasteiger partial charge >= 0.3 is 0 Å². The van der Waals surface area contributed by atoms with Crippen LogP contribution in [0.15, 0.2) is 73.2 Å². The van der Waals surface area contributed by atoms with Crippen molar-refractivity contribution in [1.29, 1.82) is 0 Å². The minimum Gasteiger partial charge on any atom is -0.366 e. The summed E-state index contributed by atoms with van der Waals surface area (Å²) in [5.74, 6) is 1.18. The van der Waals surface area contributed by atoms with Crippen molar-refractivity contribution in [2.24, 2.45) is 0 Å². The highest BCUT2D eigenvalue weighted by molar-refractivity contribution is 6.04. The molecule has 0 saturated heterocycles. The van der Waals surface area contributed by atoms with E-state index in [1.807, 2.05) is 56.3 Å². The fraction of sp³-hybridized carbons (Fsp3) is 0.125. The molecule has 3 heterocycles. The van der Waals surface area contributed by atoms with E-state index >= 15 is 0 Å². The minimum absolute atomic E-state index is 0.171. The highest BCUT2D eigenvalue weighted by atomic mass is 16.1. The summed E-state index contributed by atoms with van der Waals surface area (Å²) in [5, 5.41) is 6.31. The smallest absolute Gasteiger partial charge is 0.255 e. The van der Waals surface area contributed by atoms with Crippen molar-refractivity contribution in [2.45, 2.75) is 20.4 Å². The van der Waals surface area contributed by atoms with Gasteiger partial charge in [-0.05, 0) is 55.8 Å². The summed E-state index contributed by atoms with van der Waals surface area (Å²) in [5.41, 5.74) is 4.92. The number of nitrogens with one attached hydrogen (secondary N) is 2. The van der Waals surface area contributed by atoms with Crippen molar-refractivity contribution in [3.05, 3.63) is 95.6 Å². The van der Waals surface area contributed by atoms with Crippen LogP contribution in [-0.4, -0.2) is 25.8 Å². The average Bonchev–Trinajstić information content (AvgIpc) is 2.81. The second-order valence-corrected chi connectivity index (χ2v) is 7.07. The lowest BCUT2D eigenvalue weighted by molar-refractivity contribution is 0.102. The largest absolute Gasteiger partial charge is 0.366 e.